The highest BCUT2D eigenvalue weighted by atomic mass is 16.3. The van der Waals surface area contributed by atoms with Gasteiger partial charge in [0.05, 0.1) is 11.2 Å². The fourth-order valence-electron chi connectivity index (χ4n) is 14.6. The number of furan rings is 1. The number of benzene rings is 11. The molecule has 3 nitrogen and oxygen atoms in total. The van der Waals surface area contributed by atoms with E-state index in [1.54, 1.807) is 0 Å². The van der Waals surface area contributed by atoms with Crippen LogP contribution < -0.4 is 4.90 Å². The van der Waals surface area contributed by atoms with Gasteiger partial charge in [-0.15, -0.1) is 0 Å². The second kappa shape index (κ2) is 15.1. The molecule has 0 bridgehead atoms. The smallest absolute Gasteiger partial charge is 0.143 e. The Morgan fingerprint density at radius 1 is 0.382 bits per heavy atom. The molecular weight excluding hydrogens is 921 g/mol. The number of hydrogen-bond acceptors (Lipinski definition) is 2. The lowest BCUT2D eigenvalue weighted by molar-refractivity contribution is 0.602. The van der Waals surface area contributed by atoms with Crippen molar-refractivity contribution in [1.29, 1.82) is 0 Å². The van der Waals surface area contributed by atoms with E-state index in [4.69, 9.17) is 4.42 Å². The van der Waals surface area contributed by atoms with Crippen LogP contribution in [0.3, 0.4) is 0 Å². The molecule has 11 aromatic carbocycles. The standard InChI is InChI=1S/C73H54N2O/c1-71(2)56-39-44(35-37-50(56)62-58(71)41-54(48-30-20-24-42-23-10-11-25-46(42)48)70-65(62)53-29-15-19-34-61(53)76-70)75(60-33-18-14-26-47(60)43-21-8-7-9-22-43)45-36-38-51-57(40-45)73(5,6)67-63(51)64-52-28-13-17-32-59(52)74-69(64)66-49-27-12-16-31-55(49)72(3,4)68(66)67/h7-41,74H,1-6H3. The molecule has 2 aromatic heterocycles. The first kappa shape index (κ1) is 43.5. The van der Waals surface area contributed by atoms with Gasteiger partial charge in [0.1, 0.15) is 11.2 Å². The average Bonchev–Trinajstić information content (AvgIpc) is 4.31. The van der Waals surface area contributed by atoms with E-state index in [1.807, 2.05) is 0 Å². The van der Waals surface area contributed by atoms with Crippen molar-refractivity contribution in [2.24, 2.45) is 0 Å². The van der Waals surface area contributed by atoms with Crippen molar-refractivity contribution in [3.8, 4) is 55.6 Å². The van der Waals surface area contributed by atoms with Crippen LogP contribution in [-0.2, 0) is 16.2 Å². The molecule has 0 fully saturated rings. The zero-order valence-corrected chi connectivity index (χ0v) is 43.6. The quantitative estimate of drug-likeness (QED) is 0.186. The van der Waals surface area contributed by atoms with Crippen molar-refractivity contribution < 1.29 is 4.42 Å². The van der Waals surface area contributed by atoms with E-state index in [1.165, 1.54) is 121 Å². The van der Waals surface area contributed by atoms with Crippen molar-refractivity contribution in [2.75, 3.05) is 4.90 Å². The van der Waals surface area contributed by atoms with Gasteiger partial charge < -0.3 is 14.3 Å². The van der Waals surface area contributed by atoms with E-state index in [9.17, 15) is 0 Å². The molecule has 0 radical (unpaired) electrons. The van der Waals surface area contributed by atoms with Crippen molar-refractivity contribution in [1.82, 2.24) is 4.98 Å². The second-order valence-electron chi connectivity index (χ2n) is 23.2. The minimum absolute atomic E-state index is 0.205. The highest BCUT2D eigenvalue weighted by Gasteiger charge is 2.48. The van der Waals surface area contributed by atoms with E-state index in [0.29, 0.717) is 0 Å². The number of anilines is 3. The predicted octanol–water partition coefficient (Wildman–Crippen LogP) is 20.1. The summed E-state index contributed by atoms with van der Waals surface area (Å²) in [5.41, 5.74) is 27.6. The number of aromatic nitrogens is 1. The SMILES string of the molecule is CC1(C)c2cc(N(c3ccc4c(c3)C(C)(C)c3c5c(c6[nH]c7ccccc7c6c3-4)-c3ccccc3C5(C)C)c3ccccc3-c3ccccc3)ccc2-c2c1cc(-c1cccc3ccccc13)c1oc3ccccc3c21. The number of nitrogens with one attached hydrogen (secondary N) is 1. The van der Waals surface area contributed by atoms with Gasteiger partial charge in [0.2, 0.25) is 0 Å². The van der Waals surface area contributed by atoms with Crippen LogP contribution in [0.5, 0.6) is 0 Å². The fraction of sp³-hybridized carbons (Fsp3) is 0.123. The summed E-state index contributed by atoms with van der Waals surface area (Å²) in [6, 6.07) is 78.9. The lowest BCUT2D eigenvalue weighted by Gasteiger charge is -2.32. The Bertz CT molecular complexity index is 4670. The molecule has 0 aliphatic heterocycles. The third kappa shape index (κ3) is 5.62. The van der Waals surface area contributed by atoms with Crippen LogP contribution in [0.15, 0.2) is 217 Å². The van der Waals surface area contributed by atoms with Gasteiger partial charge in [0, 0.05) is 71.4 Å². The van der Waals surface area contributed by atoms with Crippen LogP contribution in [0.4, 0.5) is 17.1 Å². The molecule has 13 aromatic rings. The molecule has 2 heterocycles. The predicted molar refractivity (Wildman–Crippen MR) is 319 cm³/mol. The van der Waals surface area contributed by atoms with Crippen molar-refractivity contribution in [3.63, 3.8) is 0 Å². The third-order valence-electron chi connectivity index (χ3n) is 18.1. The van der Waals surface area contributed by atoms with Crippen molar-refractivity contribution in [2.45, 2.75) is 57.8 Å². The molecule has 362 valence electrons. The normalized spacial score (nSPS) is 15.0. The molecule has 0 unspecified atom stereocenters. The third-order valence-corrected chi connectivity index (χ3v) is 18.1. The summed E-state index contributed by atoms with van der Waals surface area (Å²) in [5.74, 6) is 0. The Morgan fingerprint density at radius 3 is 1.76 bits per heavy atom. The maximum Gasteiger partial charge on any atom is 0.143 e. The summed E-state index contributed by atoms with van der Waals surface area (Å²) in [7, 11) is 0. The molecule has 0 saturated heterocycles. The highest BCUT2D eigenvalue weighted by Crippen LogP contribution is 2.64. The first-order chi connectivity index (χ1) is 37.0. The summed E-state index contributed by atoms with van der Waals surface area (Å²) < 4.78 is 6.99. The molecule has 3 aliphatic rings. The van der Waals surface area contributed by atoms with Crippen molar-refractivity contribution >= 4 is 71.6 Å². The Hall–Kier alpha value is -8.92. The lowest BCUT2D eigenvalue weighted by Crippen LogP contribution is -2.24. The number of para-hydroxylation sites is 3. The minimum atomic E-state index is -0.353. The van der Waals surface area contributed by atoms with Crippen LogP contribution in [0.25, 0.3) is 110 Å². The van der Waals surface area contributed by atoms with Gasteiger partial charge in [-0.2, -0.15) is 0 Å². The van der Waals surface area contributed by atoms with E-state index in [2.05, 4.69) is 264 Å². The van der Waals surface area contributed by atoms with Gasteiger partial charge in [-0.05, 0) is 132 Å². The van der Waals surface area contributed by atoms with Gasteiger partial charge in [0.15, 0.2) is 0 Å². The van der Waals surface area contributed by atoms with E-state index < -0.39 is 0 Å². The fourth-order valence-corrected chi connectivity index (χ4v) is 14.6. The minimum Gasteiger partial charge on any atom is -0.455 e. The lowest BCUT2D eigenvalue weighted by atomic mass is 9.72. The number of rotatable bonds is 5. The van der Waals surface area contributed by atoms with E-state index in [0.717, 1.165) is 39.2 Å². The first-order valence-electron chi connectivity index (χ1n) is 26.9. The maximum atomic E-state index is 6.99. The molecule has 0 spiro atoms. The molecule has 76 heavy (non-hydrogen) atoms. The summed E-state index contributed by atoms with van der Waals surface area (Å²) in [4.78, 5) is 6.53. The van der Waals surface area contributed by atoms with E-state index >= 15 is 0 Å². The zero-order chi connectivity index (χ0) is 51.0. The van der Waals surface area contributed by atoms with Crippen LogP contribution >= 0.6 is 0 Å². The number of aromatic amines is 1. The molecule has 1 N–H and O–H groups in total. The Morgan fingerprint density at radius 2 is 0.961 bits per heavy atom. The summed E-state index contributed by atoms with van der Waals surface area (Å²) in [6.45, 7) is 14.7. The van der Waals surface area contributed by atoms with Crippen LogP contribution in [0.2, 0.25) is 0 Å². The van der Waals surface area contributed by atoms with Gasteiger partial charge in [-0.25, -0.2) is 0 Å². The van der Waals surface area contributed by atoms with Gasteiger partial charge >= 0.3 is 0 Å². The maximum absolute atomic E-state index is 6.99. The first-order valence-corrected chi connectivity index (χ1v) is 26.9. The van der Waals surface area contributed by atoms with Crippen LogP contribution in [0.1, 0.15) is 74.9 Å². The Balaban J connectivity index is 0.936. The molecule has 16 rings (SSSR count). The van der Waals surface area contributed by atoms with Crippen LogP contribution in [0, 0.1) is 0 Å². The number of fused-ring (bicyclic) bond motifs is 20. The molecule has 0 saturated carbocycles. The van der Waals surface area contributed by atoms with Crippen molar-refractivity contribution in [3.05, 3.63) is 246 Å². The van der Waals surface area contributed by atoms with Gasteiger partial charge in [0.25, 0.3) is 0 Å². The average molecular weight is 975 g/mol. The number of nitrogens with zero attached hydrogens (tertiary/aromatic N) is 1. The zero-order valence-electron chi connectivity index (χ0n) is 43.6. The van der Waals surface area contributed by atoms with Crippen LogP contribution in [-0.4, -0.2) is 4.98 Å². The molecule has 0 amide bonds. The summed E-state index contributed by atoms with van der Waals surface area (Å²) >= 11 is 0. The molecular formula is C73H54N2O. The second-order valence-corrected chi connectivity index (χ2v) is 23.2. The Labute approximate surface area is 442 Å². The Kier molecular flexibility index (Phi) is 8.65. The monoisotopic (exact) mass is 974 g/mol. The van der Waals surface area contributed by atoms with Gasteiger partial charge in [-0.1, -0.05) is 205 Å². The number of hydrogen-bond donors (Lipinski definition) is 1. The molecule has 0 atom stereocenters. The summed E-state index contributed by atoms with van der Waals surface area (Å²) in [6.07, 6.45) is 0. The molecule has 3 aliphatic carbocycles. The topological polar surface area (TPSA) is 32.2 Å². The van der Waals surface area contributed by atoms with Gasteiger partial charge in [-0.3, -0.25) is 0 Å². The number of H-pyrrole nitrogens is 1. The molecule has 3 heteroatoms. The summed E-state index contributed by atoms with van der Waals surface area (Å²) in [5, 5.41) is 7.37. The highest BCUT2D eigenvalue weighted by molar-refractivity contribution is 6.23. The largest absolute Gasteiger partial charge is 0.455 e. The van der Waals surface area contributed by atoms with E-state index in [-0.39, 0.29) is 16.2 Å².